The van der Waals surface area contributed by atoms with Gasteiger partial charge in [0.25, 0.3) is 5.91 Å². The Hall–Kier alpha value is -1.57. The number of halogens is 5. The van der Waals surface area contributed by atoms with Crippen LogP contribution >= 0.6 is 35.0 Å². The minimum Gasteiger partial charge on any atom is -0.494 e. The largest absolute Gasteiger partial charge is 0.494 e. The van der Waals surface area contributed by atoms with Crippen LogP contribution in [0.1, 0.15) is 15.9 Å². The Morgan fingerprint density at radius 2 is 1.84 bits per heavy atom. The minimum atomic E-state index is -4.48. The molecule has 0 aliphatic carbocycles. The van der Waals surface area contributed by atoms with Crippen LogP contribution in [0.3, 0.4) is 0 Å². The lowest BCUT2D eigenvalue weighted by Crippen LogP contribution is -2.28. The predicted molar refractivity (Wildman–Crippen MR) is 92.0 cm³/mol. The van der Waals surface area contributed by atoms with Crippen LogP contribution in [0.25, 0.3) is 0 Å². The second kappa shape index (κ2) is 6.63. The number of alkyl halides is 3. The Bertz CT molecular complexity index is 835. The first-order valence-electron chi connectivity index (χ1n) is 6.91. The molecule has 0 N–H and O–H groups in total. The van der Waals surface area contributed by atoms with Crippen LogP contribution in [0.2, 0.25) is 10.0 Å². The lowest BCUT2D eigenvalue weighted by Gasteiger charge is -2.18. The van der Waals surface area contributed by atoms with E-state index in [4.69, 9.17) is 27.9 Å². The van der Waals surface area contributed by atoms with Gasteiger partial charge in [0.05, 0.1) is 34.3 Å². The summed E-state index contributed by atoms with van der Waals surface area (Å²) in [6.07, 6.45) is -4.48. The van der Waals surface area contributed by atoms with Gasteiger partial charge in [-0.25, -0.2) is 0 Å². The summed E-state index contributed by atoms with van der Waals surface area (Å²) < 4.78 is 43.8. The number of benzene rings is 2. The van der Waals surface area contributed by atoms with Gasteiger partial charge in [0.1, 0.15) is 0 Å². The molecule has 1 aliphatic rings. The van der Waals surface area contributed by atoms with Gasteiger partial charge in [-0.3, -0.25) is 9.69 Å². The molecule has 3 rings (SSSR count). The zero-order valence-corrected chi connectivity index (χ0v) is 15.0. The van der Waals surface area contributed by atoms with Crippen molar-refractivity contribution in [2.24, 2.45) is 0 Å². The number of nitrogens with zero attached hydrogens (tertiary/aromatic N) is 1. The standard InChI is InChI=1S/C16H10Cl2F3NO2S/c1-24-14-10(17)4-8(5-11(14)18)15(23)22-7-25-13-3-2-9(6-12(13)22)16(19,20)21/h2-6H,7H2,1H3. The van der Waals surface area contributed by atoms with Crippen LogP contribution < -0.4 is 9.64 Å². The van der Waals surface area contributed by atoms with Gasteiger partial charge >= 0.3 is 6.18 Å². The second-order valence-corrected chi connectivity index (χ2v) is 6.96. The molecule has 0 atom stereocenters. The number of carbonyl (C=O) groups is 1. The van der Waals surface area contributed by atoms with E-state index in [0.29, 0.717) is 4.90 Å². The highest BCUT2D eigenvalue weighted by Crippen LogP contribution is 2.43. The minimum absolute atomic E-state index is 0.148. The van der Waals surface area contributed by atoms with Gasteiger partial charge in [-0.05, 0) is 30.3 Å². The Labute approximate surface area is 155 Å². The average molecular weight is 408 g/mol. The van der Waals surface area contributed by atoms with E-state index in [1.54, 1.807) is 0 Å². The lowest BCUT2D eigenvalue weighted by molar-refractivity contribution is -0.137. The Balaban J connectivity index is 1.99. The molecule has 0 unspecified atom stereocenters. The monoisotopic (exact) mass is 407 g/mol. The second-order valence-electron chi connectivity index (χ2n) is 5.16. The van der Waals surface area contributed by atoms with Crippen molar-refractivity contribution in [1.29, 1.82) is 0 Å². The van der Waals surface area contributed by atoms with Crippen molar-refractivity contribution in [3.63, 3.8) is 0 Å². The van der Waals surface area contributed by atoms with Crippen molar-refractivity contribution in [2.45, 2.75) is 11.1 Å². The van der Waals surface area contributed by atoms with E-state index in [-0.39, 0.29) is 32.9 Å². The van der Waals surface area contributed by atoms with Crippen molar-refractivity contribution in [2.75, 3.05) is 17.9 Å². The number of hydrogen-bond acceptors (Lipinski definition) is 3. The van der Waals surface area contributed by atoms with E-state index >= 15 is 0 Å². The molecule has 0 saturated heterocycles. The van der Waals surface area contributed by atoms with Crippen molar-refractivity contribution < 1.29 is 22.7 Å². The van der Waals surface area contributed by atoms with E-state index in [2.05, 4.69) is 0 Å². The molecule has 132 valence electrons. The molecular weight excluding hydrogens is 398 g/mol. The molecule has 1 heterocycles. The van der Waals surface area contributed by atoms with Crippen LogP contribution in [0.4, 0.5) is 18.9 Å². The number of rotatable bonds is 2. The summed E-state index contributed by atoms with van der Waals surface area (Å²) in [5.74, 6) is -0.0519. The third-order valence-corrected chi connectivity index (χ3v) is 5.23. The zero-order valence-electron chi connectivity index (χ0n) is 12.7. The fourth-order valence-electron chi connectivity index (χ4n) is 2.43. The normalized spacial score (nSPS) is 13.8. The van der Waals surface area contributed by atoms with Gasteiger partial charge in [-0.2, -0.15) is 13.2 Å². The van der Waals surface area contributed by atoms with Crippen LogP contribution in [0.5, 0.6) is 5.75 Å². The van der Waals surface area contributed by atoms with Gasteiger partial charge < -0.3 is 4.74 Å². The first-order chi connectivity index (χ1) is 11.7. The number of carbonyl (C=O) groups excluding carboxylic acids is 1. The molecule has 3 nitrogen and oxygen atoms in total. The molecule has 9 heteroatoms. The highest BCUT2D eigenvalue weighted by molar-refractivity contribution is 8.00. The molecule has 0 spiro atoms. The molecule has 25 heavy (non-hydrogen) atoms. The predicted octanol–water partition coefficient (Wildman–Crippen LogP) is 5.73. The van der Waals surface area contributed by atoms with Gasteiger partial charge in [0, 0.05) is 10.5 Å². The van der Waals surface area contributed by atoms with Crippen molar-refractivity contribution in [1.82, 2.24) is 0 Å². The zero-order chi connectivity index (χ0) is 18.4. The van der Waals surface area contributed by atoms with Crippen molar-refractivity contribution >= 4 is 46.6 Å². The SMILES string of the molecule is COc1c(Cl)cc(C(=O)N2CSc3ccc(C(F)(F)F)cc32)cc1Cl. The van der Waals surface area contributed by atoms with Gasteiger partial charge in [-0.15, -0.1) is 11.8 Å². The maximum Gasteiger partial charge on any atom is 0.416 e. The molecular formula is C16H10Cl2F3NO2S. The van der Waals surface area contributed by atoms with E-state index in [9.17, 15) is 18.0 Å². The fourth-order valence-corrected chi connectivity index (χ4v) is 4.08. The van der Waals surface area contributed by atoms with Crippen molar-refractivity contribution in [3.05, 3.63) is 51.5 Å². The first-order valence-corrected chi connectivity index (χ1v) is 8.65. The summed E-state index contributed by atoms with van der Waals surface area (Å²) >= 11 is 13.4. The molecule has 0 radical (unpaired) electrons. The average Bonchev–Trinajstić information content (AvgIpc) is 2.96. The molecule has 0 aromatic heterocycles. The number of thioether (sulfide) groups is 1. The number of anilines is 1. The van der Waals surface area contributed by atoms with E-state index < -0.39 is 17.6 Å². The van der Waals surface area contributed by atoms with Gasteiger partial charge in [0.15, 0.2) is 5.75 Å². The highest BCUT2D eigenvalue weighted by atomic mass is 35.5. The first kappa shape index (κ1) is 18.2. The third kappa shape index (κ3) is 3.41. The topological polar surface area (TPSA) is 29.5 Å². The molecule has 2 aromatic carbocycles. The molecule has 0 saturated carbocycles. The number of ether oxygens (including phenoxy) is 1. The molecule has 2 aromatic rings. The third-order valence-electron chi connectivity index (χ3n) is 3.62. The summed E-state index contributed by atoms with van der Waals surface area (Å²) in [5, 5.41) is 0.295. The summed E-state index contributed by atoms with van der Waals surface area (Å²) in [7, 11) is 1.39. The summed E-state index contributed by atoms with van der Waals surface area (Å²) in [6, 6.07) is 6.10. The maximum absolute atomic E-state index is 12.9. The number of methoxy groups -OCH3 is 1. The number of amides is 1. The van der Waals surface area contributed by atoms with E-state index in [1.165, 1.54) is 42.0 Å². The summed E-state index contributed by atoms with van der Waals surface area (Å²) in [4.78, 5) is 14.6. The Kier molecular flexibility index (Phi) is 4.83. The summed E-state index contributed by atoms with van der Waals surface area (Å²) in [5.41, 5.74) is -0.424. The molecule has 0 fully saturated rings. The van der Waals surface area contributed by atoms with E-state index in [0.717, 1.165) is 12.1 Å². The van der Waals surface area contributed by atoms with Crippen LogP contribution in [0, 0.1) is 0 Å². The number of fused-ring (bicyclic) bond motifs is 1. The molecule has 0 bridgehead atoms. The maximum atomic E-state index is 12.9. The fraction of sp³-hybridized carbons (Fsp3) is 0.188. The Morgan fingerprint density at radius 3 is 2.40 bits per heavy atom. The van der Waals surface area contributed by atoms with Crippen LogP contribution in [0.15, 0.2) is 35.2 Å². The van der Waals surface area contributed by atoms with Gasteiger partial charge in [-0.1, -0.05) is 23.2 Å². The smallest absolute Gasteiger partial charge is 0.416 e. The van der Waals surface area contributed by atoms with Crippen molar-refractivity contribution in [3.8, 4) is 5.75 Å². The van der Waals surface area contributed by atoms with Crippen LogP contribution in [-0.2, 0) is 6.18 Å². The van der Waals surface area contributed by atoms with E-state index in [1.807, 2.05) is 0 Å². The number of hydrogen-bond donors (Lipinski definition) is 0. The molecule has 1 amide bonds. The quantitative estimate of drug-likeness (QED) is 0.636. The highest BCUT2D eigenvalue weighted by Gasteiger charge is 2.34. The van der Waals surface area contributed by atoms with Gasteiger partial charge in [0.2, 0.25) is 0 Å². The molecule has 1 aliphatic heterocycles. The lowest BCUT2D eigenvalue weighted by atomic mass is 10.1. The summed E-state index contributed by atoms with van der Waals surface area (Å²) in [6.45, 7) is 0. The van der Waals surface area contributed by atoms with Crippen LogP contribution in [-0.4, -0.2) is 18.9 Å². The Morgan fingerprint density at radius 1 is 1.20 bits per heavy atom.